The third kappa shape index (κ3) is 2.17. The highest BCUT2D eigenvalue weighted by Crippen LogP contribution is 2.29. The van der Waals surface area contributed by atoms with Crippen molar-refractivity contribution in [3.63, 3.8) is 0 Å². The molecule has 19 heavy (non-hydrogen) atoms. The van der Waals surface area contributed by atoms with E-state index in [0.29, 0.717) is 11.6 Å². The van der Waals surface area contributed by atoms with Gasteiger partial charge in [0, 0.05) is 17.6 Å². The highest BCUT2D eigenvalue weighted by Gasteiger charge is 2.15. The molecule has 0 aliphatic carbocycles. The Kier molecular flexibility index (Phi) is 3.12. The van der Waals surface area contributed by atoms with E-state index in [4.69, 9.17) is 16.3 Å². The molecule has 0 aliphatic heterocycles. The lowest BCUT2D eigenvalue weighted by molar-refractivity contribution is 0.446. The van der Waals surface area contributed by atoms with Crippen LogP contribution in [0.25, 0.3) is 4.96 Å². The van der Waals surface area contributed by atoms with Gasteiger partial charge in [0.1, 0.15) is 11.4 Å². The summed E-state index contributed by atoms with van der Waals surface area (Å²) in [6, 6.07) is 3.31. The van der Waals surface area contributed by atoms with Crippen LogP contribution in [0.1, 0.15) is 5.69 Å². The zero-order valence-electron chi connectivity index (χ0n) is 9.44. The normalized spacial score (nSPS) is 11.1. The molecule has 0 spiro atoms. The third-order valence-corrected chi connectivity index (χ3v) is 3.57. The number of rotatable bonds is 3. The fourth-order valence-electron chi connectivity index (χ4n) is 1.67. The van der Waals surface area contributed by atoms with E-state index in [0.717, 1.165) is 17.1 Å². The van der Waals surface area contributed by atoms with E-state index in [1.807, 2.05) is 11.6 Å². The Morgan fingerprint density at radius 2 is 2.16 bits per heavy atom. The molecule has 0 unspecified atom stereocenters. The smallest absolute Gasteiger partial charge is 0.243 e. The van der Waals surface area contributed by atoms with Gasteiger partial charge in [-0.15, -0.1) is 22.9 Å². The van der Waals surface area contributed by atoms with Crippen LogP contribution in [0.15, 0.2) is 29.8 Å². The van der Waals surface area contributed by atoms with Crippen LogP contribution < -0.4 is 4.74 Å². The predicted octanol–water partition coefficient (Wildman–Crippen LogP) is 4.21. The molecule has 0 atom stereocenters. The Balaban J connectivity index is 2.00. The topological polar surface area (TPSA) is 26.5 Å². The number of thiazole rings is 1. The number of benzene rings is 1. The molecular weight excluding hydrogens is 294 g/mol. The zero-order chi connectivity index (χ0) is 13.4. The van der Waals surface area contributed by atoms with Gasteiger partial charge in [-0.2, -0.15) is 4.98 Å². The van der Waals surface area contributed by atoms with Crippen LogP contribution in [-0.2, 0) is 5.88 Å². The van der Waals surface area contributed by atoms with E-state index >= 15 is 0 Å². The van der Waals surface area contributed by atoms with Crippen LogP contribution in [0.5, 0.6) is 11.6 Å². The van der Waals surface area contributed by atoms with E-state index < -0.39 is 11.6 Å². The van der Waals surface area contributed by atoms with Crippen molar-refractivity contribution in [1.82, 2.24) is 9.38 Å². The number of ether oxygens (including phenoxy) is 1. The molecule has 0 fully saturated rings. The van der Waals surface area contributed by atoms with Crippen molar-refractivity contribution in [2.24, 2.45) is 0 Å². The fraction of sp³-hybridized carbons (Fsp3) is 0.0833. The summed E-state index contributed by atoms with van der Waals surface area (Å²) >= 11 is 7.29. The van der Waals surface area contributed by atoms with Crippen molar-refractivity contribution >= 4 is 27.9 Å². The van der Waals surface area contributed by atoms with Crippen LogP contribution >= 0.6 is 22.9 Å². The molecule has 0 radical (unpaired) electrons. The van der Waals surface area contributed by atoms with Crippen molar-refractivity contribution in [3.05, 3.63) is 47.1 Å². The lowest BCUT2D eigenvalue weighted by atomic mass is 10.3. The minimum atomic E-state index is -0.967. The van der Waals surface area contributed by atoms with Gasteiger partial charge in [0.05, 0.1) is 5.88 Å². The van der Waals surface area contributed by atoms with E-state index in [9.17, 15) is 8.78 Å². The molecule has 2 heterocycles. The zero-order valence-corrected chi connectivity index (χ0v) is 11.0. The van der Waals surface area contributed by atoms with Crippen molar-refractivity contribution in [2.45, 2.75) is 5.88 Å². The second-order valence-corrected chi connectivity index (χ2v) is 4.87. The number of fused-ring (bicyclic) bond motifs is 1. The Morgan fingerprint density at radius 1 is 1.32 bits per heavy atom. The molecule has 0 aliphatic rings. The van der Waals surface area contributed by atoms with E-state index in [2.05, 4.69) is 4.98 Å². The van der Waals surface area contributed by atoms with Crippen LogP contribution in [0.3, 0.4) is 0 Å². The Morgan fingerprint density at radius 3 is 2.89 bits per heavy atom. The van der Waals surface area contributed by atoms with Crippen LogP contribution in [0, 0.1) is 11.6 Å². The van der Waals surface area contributed by atoms with Crippen molar-refractivity contribution in [1.29, 1.82) is 0 Å². The molecule has 1 aromatic carbocycles. The molecule has 2 aromatic heterocycles. The second-order valence-electron chi connectivity index (χ2n) is 3.73. The largest absolute Gasteiger partial charge is 0.437 e. The molecule has 7 heteroatoms. The first-order valence-electron chi connectivity index (χ1n) is 5.32. The molecule has 98 valence electrons. The maximum atomic E-state index is 13.1. The molecule has 0 saturated heterocycles. The summed E-state index contributed by atoms with van der Waals surface area (Å²) in [7, 11) is 0. The number of hydrogen-bond donors (Lipinski definition) is 0. The SMILES string of the molecule is Fc1ccc(Oc2nc3sccn3c2CCl)cc1F. The van der Waals surface area contributed by atoms with Gasteiger partial charge in [-0.1, -0.05) is 0 Å². The van der Waals surface area contributed by atoms with Gasteiger partial charge in [-0.25, -0.2) is 8.78 Å². The van der Waals surface area contributed by atoms with Crippen LogP contribution in [-0.4, -0.2) is 9.38 Å². The highest BCUT2D eigenvalue weighted by atomic mass is 35.5. The number of nitrogens with zero attached hydrogens (tertiary/aromatic N) is 2. The summed E-state index contributed by atoms with van der Waals surface area (Å²) in [5, 5.41) is 1.87. The van der Waals surface area contributed by atoms with Gasteiger partial charge >= 0.3 is 0 Å². The summed E-state index contributed by atoms with van der Waals surface area (Å²) in [4.78, 5) is 4.98. The second kappa shape index (κ2) is 4.79. The average Bonchev–Trinajstić information content (AvgIpc) is 2.94. The highest BCUT2D eigenvalue weighted by molar-refractivity contribution is 7.15. The first kappa shape index (κ1) is 12.4. The number of hydrogen-bond acceptors (Lipinski definition) is 3. The van der Waals surface area contributed by atoms with Crippen LogP contribution in [0.4, 0.5) is 8.78 Å². The van der Waals surface area contributed by atoms with Gasteiger partial charge in [0.25, 0.3) is 0 Å². The third-order valence-electron chi connectivity index (χ3n) is 2.56. The Hall–Kier alpha value is -1.66. The average molecular weight is 301 g/mol. The van der Waals surface area contributed by atoms with Gasteiger partial charge in [-0.05, 0) is 12.1 Å². The van der Waals surface area contributed by atoms with Gasteiger partial charge < -0.3 is 4.74 Å². The lowest BCUT2D eigenvalue weighted by Crippen LogP contribution is -1.92. The molecule has 0 N–H and O–H groups in total. The summed E-state index contributed by atoms with van der Waals surface area (Å²) in [6.45, 7) is 0. The molecular formula is C12H7ClF2N2OS. The lowest BCUT2D eigenvalue weighted by Gasteiger charge is -2.04. The van der Waals surface area contributed by atoms with Gasteiger partial charge in [-0.3, -0.25) is 4.40 Å². The van der Waals surface area contributed by atoms with Crippen LogP contribution in [0.2, 0.25) is 0 Å². The summed E-state index contributed by atoms with van der Waals surface area (Å²) in [6.07, 6.45) is 1.82. The quantitative estimate of drug-likeness (QED) is 0.678. The number of alkyl halides is 1. The summed E-state index contributed by atoms with van der Waals surface area (Å²) < 4.78 is 33.2. The minimum Gasteiger partial charge on any atom is -0.437 e. The van der Waals surface area contributed by atoms with Gasteiger partial charge in [0.15, 0.2) is 16.6 Å². The predicted molar refractivity (Wildman–Crippen MR) is 69.1 cm³/mol. The van der Waals surface area contributed by atoms with Crippen molar-refractivity contribution < 1.29 is 13.5 Å². The molecule has 0 saturated carbocycles. The maximum absolute atomic E-state index is 13.1. The summed E-state index contributed by atoms with van der Waals surface area (Å²) in [5.74, 6) is -1.21. The van der Waals surface area contributed by atoms with E-state index in [-0.39, 0.29) is 11.6 Å². The fourth-order valence-corrected chi connectivity index (χ4v) is 2.64. The van der Waals surface area contributed by atoms with E-state index in [1.165, 1.54) is 17.4 Å². The maximum Gasteiger partial charge on any atom is 0.243 e. The number of aromatic nitrogens is 2. The first-order chi connectivity index (χ1) is 9.19. The molecule has 0 bridgehead atoms. The summed E-state index contributed by atoms with van der Waals surface area (Å²) in [5.41, 5.74) is 0.669. The monoisotopic (exact) mass is 300 g/mol. The molecule has 0 amide bonds. The number of imidazole rings is 1. The van der Waals surface area contributed by atoms with E-state index in [1.54, 1.807) is 4.40 Å². The Bertz CT molecular complexity index is 740. The first-order valence-corrected chi connectivity index (χ1v) is 6.74. The van der Waals surface area contributed by atoms with Gasteiger partial charge in [0.2, 0.25) is 5.88 Å². The minimum absolute atomic E-state index is 0.177. The molecule has 3 nitrogen and oxygen atoms in total. The standard InChI is InChI=1S/C12H7ClF2N2OS/c13-6-10-11(16-12-17(10)3-4-19-12)18-7-1-2-8(14)9(15)5-7/h1-5H,6H2. The van der Waals surface area contributed by atoms with Crippen molar-refractivity contribution in [3.8, 4) is 11.6 Å². The molecule has 3 rings (SSSR count). The number of halogens is 3. The Labute approximate surface area is 116 Å². The molecule has 3 aromatic rings. The van der Waals surface area contributed by atoms with Crippen molar-refractivity contribution in [2.75, 3.05) is 0 Å².